The average molecular weight is 347 g/mol. The lowest BCUT2D eigenvalue weighted by Crippen LogP contribution is -2.47. The van der Waals surface area contributed by atoms with Crippen molar-refractivity contribution in [2.75, 3.05) is 44.5 Å². The first-order valence-corrected chi connectivity index (χ1v) is 9.07. The van der Waals surface area contributed by atoms with E-state index in [1.807, 2.05) is 0 Å². The number of hydrogen-bond donors (Lipinski definition) is 2. The van der Waals surface area contributed by atoms with Gasteiger partial charge in [0.05, 0.1) is 11.4 Å². The highest BCUT2D eigenvalue weighted by Gasteiger charge is 2.37. The van der Waals surface area contributed by atoms with Crippen molar-refractivity contribution in [3.05, 3.63) is 24.1 Å². The Morgan fingerprint density at radius 2 is 2.09 bits per heavy atom. The summed E-state index contributed by atoms with van der Waals surface area (Å²) in [7, 11) is -1.95. The molecular formula is C14H22FN3O4S. The maximum Gasteiger partial charge on any atom is 0.214 e. The molecule has 0 saturated carbocycles. The molecule has 0 aliphatic carbocycles. The Bertz CT molecular complexity index is 606. The summed E-state index contributed by atoms with van der Waals surface area (Å²) in [5.74, 6) is -0.322. The highest BCUT2D eigenvalue weighted by molar-refractivity contribution is 7.89. The molecular weight excluding hydrogens is 325 g/mol. The summed E-state index contributed by atoms with van der Waals surface area (Å²) in [6, 6.07) is 4.38. The molecule has 2 rings (SSSR count). The zero-order chi connectivity index (χ0) is 16.8. The zero-order valence-electron chi connectivity index (χ0n) is 13.0. The molecule has 1 aliphatic rings. The van der Waals surface area contributed by atoms with E-state index in [1.165, 1.54) is 19.2 Å². The first-order valence-electron chi connectivity index (χ1n) is 7.41. The normalized spacial score (nSPS) is 17.8. The second-order valence-corrected chi connectivity index (χ2v) is 7.23. The summed E-state index contributed by atoms with van der Waals surface area (Å²) in [5.41, 5.74) is -0.693. The van der Waals surface area contributed by atoms with Crippen LogP contribution in [0.15, 0.2) is 18.2 Å². The van der Waals surface area contributed by atoms with Crippen LogP contribution in [0.1, 0.15) is 12.8 Å². The van der Waals surface area contributed by atoms with Crippen molar-refractivity contribution in [1.82, 2.24) is 9.71 Å². The Balaban J connectivity index is 1.79. The van der Waals surface area contributed by atoms with Gasteiger partial charge in [-0.2, -0.15) is 4.39 Å². The van der Waals surface area contributed by atoms with Crippen LogP contribution in [0, 0.1) is 5.95 Å². The standard InChI is InChI=1S/C14H22FN3O4S/c1-21-14(5-9-22-10-6-14)11-23(19,20)17-8-7-16-13-4-2-3-12(15)18-13/h2-4,17H,5-11H2,1H3,(H,16,18). The molecule has 9 heteroatoms. The van der Waals surface area contributed by atoms with Crippen molar-refractivity contribution in [2.24, 2.45) is 0 Å². The first kappa shape index (κ1) is 18.1. The van der Waals surface area contributed by atoms with E-state index < -0.39 is 21.6 Å². The van der Waals surface area contributed by atoms with Crippen LogP contribution in [0.5, 0.6) is 0 Å². The van der Waals surface area contributed by atoms with Crippen molar-refractivity contribution >= 4 is 15.8 Å². The third kappa shape index (κ3) is 5.69. The summed E-state index contributed by atoms with van der Waals surface area (Å²) in [4.78, 5) is 3.64. The Morgan fingerprint density at radius 3 is 2.74 bits per heavy atom. The molecule has 0 amide bonds. The monoisotopic (exact) mass is 347 g/mol. The van der Waals surface area contributed by atoms with Crippen LogP contribution in [0.2, 0.25) is 0 Å². The number of aromatic nitrogens is 1. The highest BCUT2D eigenvalue weighted by Crippen LogP contribution is 2.25. The van der Waals surface area contributed by atoms with E-state index in [4.69, 9.17) is 9.47 Å². The lowest BCUT2D eigenvalue weighted by Gasteiger charge is -2.35. The van der Waals surface area contributed by atoms with Crippen LogP contribution in [-0.2, 0) is 19.5 Å². The number of halogens is 1. The predicted molar refractivity (Wildman–Crippen MR) is 84.3 cm³/mol. The number of rotatable bonds is 8. The van der Waals surface area contributed by atoms with Crippen molar-refractivity contribution in [3.8, 4) is 0 Å². The van der Waals surface area contributed by atoms with Gasteiger partial charge in [0.15, 0.2) is 0 Å². The van der Waals surface area contributed by atoms with E-state index in [-0.39, 0.29) is 12.3 Å². The first-order chi connectivity index (χ1) is 10.9. The molecule has 2 heterocycles. The minimum Gasteiger partial charge on any atom is -0.381 e. The van der Waals surface area contributed by atoms with Crippen LogP contribution < -0.4 is 10.0 Å². The number of hydrogen-bond acceptors (Lipinski definition) is 6. The van der Waals surface area contributed by atoms with Crippen LogP contribution in [0.25, 0.3) is 0 Å². The van der Waals surface area contributed by atoms with Gasteiger partial charge in [-0.25, -0.2) is 18.1 Å². The van der Waals surface area contributed by atoms with Gasteiger partial charge in [0.1, 0.15) is 5.82 Å². The summed E-state index contributed by atoms with van der Waals surface area (Å²) < 4.78 is 50.5. The molecule has 1 saturated heterocycles. The SMILES string of the molecule is COC1(CS(=O)(=O)NCCNc2cccc(F)n2)CCOCC1. The van der Waals surface area contributed by atoms with Crippen molar-refractivity contribution in [2.45, 2.75) is 18.4 Å². The molecule has 0 unspecified atom stereocenters. The van der Waals surface area contributed by atoms with Crippen LogP contribution >= 0.6 is 0 Å². The van der Waals surface area contributed by atoms with Crippen molar-refractivity contribution in [1.29, 1.82) is 0 Å². The fourth-order valence-corrected chi connectivity index (χ4v) is 4.07. The molecule has 1 fully saturated rings. The van der Waals surface area contributed by atoms with Crippen LogP contribution in [0.4, 0.5) is 10.2 Å². The summed E-state index contributed by atoms with van der Waals surface area (Å²) in [6.45, 7) is 1.47. The number of methoxy groups -OCH3 is 1. The number of anilines is 1. The molecule has 0 spiro atoms. The van der Waals surface area contributed by atoms with Gasteiger partial charge < -0.3 is 14.8 Å². The molecule has 1 aromatic heterocycles. The summed E-state index contributed by atoms with van der Waals surface area (Å²) >= 11 is 0. The number of pyridine rings is 1. The molecule has 1 aliphatic heterocycles. The topological polar surface area (TPSA) is 89.6 Å². The molecule has 0 atom stereocenters. The Hall–Kier alpha value is -1.29. The van der Waals surface area contributed by atoms with Gasteiger partial charge in [0, 0.05) is 46.3 Å². The fraction of sp³-hybridized carbons (Fsp3) is 0.643. The molecule has 23 heavy (non-hydrogen) atoms. The average Bonchev–Trinajstić information content (AvgIpc) is 2.52. The van der Waals surface area contributed by atoms with E-state index >= 15 is 0 Å². The molecule has 2 N–H and O–H groups in total. The third-order valence-corrected chi connectivity index (χ3v) is 5.31. The van der Waals surface area contributed by atoms with Gasteiger partial charge in [-0.05, 0) is 12.1 Å². The lowest BCUT2D eigenvalue weighted by atomic mass is 9.97. The minimum atomic E-state index is -3.48. The van der Waals surface area contributed by atoms with E-state index in [0.717, 1.165) is 0 Å². The highest BCUT2D eigenvalue weighted by atomic mass is 32.2. The van der Waals surface area contributed by atoms with Gasteiger partial charge >= 0.3 is 0 Å². The minimum absolute atomic E-state index is 0.0991. The van der Waals surface area contributed by atoms with Gasteiger partial charge in [0.25, 0.3) is 0 Å². The van der Waals surface area contributed by atoms with E-state index in [2.05, 4.69) is 15.0 Å². The van der Waals surface area contributed by atoms with E-state index in [1.54, 1.807) is 6.07 Å². The summed E-state index contributed by atoms with van der Waals surface area (Å²) in [6.07, 6.45) is 1.10. The Morgan fingerprint density at radius 1 is 1.35 bits per heavy atom. The molecule has 0 radical (unpaired) electrons. The molecule has 0 aromatic carbocycles. The maximum absolute atomic E-state index is 12.9. The zero-order valence-corrected chi connectivity index (χ0v) is 13.9. The van der Waals surface area contributed by atoms with Crippen LogP contribution in [-0.4, -0.2) is 58.2 Å². The third-order valence-electron chi connectivity index (χ3n) is 3.76. The maximum atomic E-state index is 12.9. The number of sulfonamides is 1. The molecule has 7 nitrogen and oxygen atoms in total. The smallest absolute Gasteiger partial charge is 0.214 e. The van der Waals surface area contributed by atoms with Crippen molar-refractivity contribution < 1.29 is 22.3 Å². The molecule has 130 valence electrons. The Kier molecular flexibility index (Phi) is 6.28. The lowest BCUT2D eigenvalue weighted by molar-refractivity contribution is -0.0751. The Labute approximate surface area is 135 Å². The number of nitrogens with one attached hydrogen (secondary N) is 2. The second kappa shape index (κ2) is 8.00. The van der Waals surface area contributed by atoms with E-state index in [0.29, 0.717) is 38.4 Å². The largest absolute Gasteiger partial charge is 0.381 e. The summed E-state index contributed by atoms with van der Waals surface area (Å²) in [5, 5.41) is 2.86. The van der Waals surface area contributed by atoms with Crippen molar-refractivity contribution in [3.63, 3.8) is 0 Å². The quantitative estimate of drug-likeness (QED) is 0.533. The number of ether oxygens (including phenoxy) is 2. The van der Waals surface area contributed by atoms with Gasteiger partial charge in [-0.1, -0.05) is 6.07 Å². The van der Waals surface area contributed by atoms with Gasteiger partial charge in [0.2, 0.25) is 16.0 Å². The molecule has 0 bridgehead atoms. The van der Waals surface area contributed by atoms with E-state index in [9.17, 15) is 12.8 Å². The van der Waals surface area contributed by atoms with Gasteiger partial charge in [-0.15, -0.1) is 0 Å². The number of nitrogens with zero attached hydrogens (tertiary/aromatic N) is 1. The van der Waals surface area contributed by atoms with Gasteiger partial charge in [-0.3, -0.25) is 0 Å². The fourth-order valence-electron chi connectivity index (χ4n) is 2.45. The van der Waals surface area contributed by atoms with Crippen LogP contribution in [0.3, 0.4) is 0 Å². The molecule has 1 aromatic rings. The predicted octanol–water partition coefficient (Wildman–Crippen LogP) is 0.748. The second-order valence-electron chi connectivity index (χ2n) is 5.43.